The molecule has 0 unspecified atom stereocenters. The summed E-state index contributed by atoms with van der Waals surface area (Å²) in [5.74, 6) is 0.167. The van der Waals surface area contributed by atoms with Crippen molar-refractivity contribution < 1.29 is 0 Å². The van der Waals surface area contributed by atoms with Gasteiger partial charge in [-0.3, -0.25) is 9.78 Å². The average molecular weight is 312 g/mol. The fourth-order valence-corrected chi connectivity index (χ4v) is 1.66. The summed E-state index contributed by atoms with van der Waals surface area (Å²) in [6, 6.07) is 5.18. The third-order valence-corrected chi connectivity index (χ3v) is 3.27. The first-order valence-electron chi connectivity index (χ1n) is 5.66. The van der Waals surface area contributed by atoms with E-state index >= 15 is 0 Å². The normalized spacial score (nSPS) is 11.5. The van der Waals surface area contributed by atoms with Crippen molar-refractivity contribution >= 4 is 34.9 Å². The maximum Gasteiger partial charge on any atom is 0.274 e. The van der Waals surface area contributed by atoms with Crippen LogP contribution in [0, 0.1) is 6.92 Å². The Hall–Kier alpha value is -1.92. The van der Waals surface area contributed by atoms with E-state index in [2.05, 4.69) is 25.7 Å². The number of halogens is 2. The summed E-state index contributed by atoms with van der Waals surface area (Å²) in [6.07, 6.45) is 0. The molecule has 0 amide bonds. The molecule has 0 saturated heterocycles. The summed E-state index contributed by atoms with van der Waals surface area (Å²) in [6.45, 7) is 3.35. The number of aryl methyl sites for hydroxylation is 1. The number of nitrogens with one attached hydrogen (secondary N) is 2. The molecule has 2 N–H and O–H groups in total. The summed E-state index contributed by atoms with van der Waals surface area (Å²) in [5.41, 5.74) is 4.06. The molecule has 0 saturated carbocycles. The molecule has 1 heterocycles. The minimum Gasteiger partial charge on any atom is -0.288 e. The molecule has 8 heteroatoms. The second-order valence-electron chi connectivity index (χ2n) is 4.03. The van der Waals surface area contributed by atoms with Gasteiger partial charge in [-0.1, -0.05) is 29.3 Å². The maximum absolute atomic E-state index is 11.4. The first kappa shape index (κ1) is 14.5. The molecule has 1 aromatic heterocycles. The fourth-order valence-electron chi connectivity index (χ4n) is 1.37. The summed E-state index contributed by atoms with van der Waals surface area (Å²) in [7, 11) is 0. The number of benzene rings is 1. The Balaban J connectivity index is 2.19. The molecule has 0 bridgehead atoms. The second-order valence-corrected chi connectivity index (χ2v) is 4.84. The van der Waals surface area contributed by atoms with Crippen molar-refractivity contribution in [3.8, 4) is 0 Å². The van der Waals surface area contributed by atoms with Crippen molar-refractivity contribution in [3.63, 3.8) is 0 Å². The summed E-state index contributed by atoms with van der Waals surface area (Å²) < 4.78 is 0. The molecule has 2 rings (SSSR count). The summed E-state index contributed by atoms with van der Waals surface area (Å²) in [4.78, 5) is 13.9. The summed E-state index contributed by atoms with van der Waals surface area (Å²) in [5, 5.41) is 12.5. The first-order chi connectivity index (χ1) is 9.47. The largest absolute Gasteiger partial charge is 0.288 e. The second kappa shape index (κ2) is 6.02. The highest BCUT2D eigenvalue weighted by Crippen LogP contribution is 2.22. The van der Waals surface area contributed by atoms with Gasteiger partial charge in [0.2, 0.25) is 5.95 Å². The zero-order valence-corrected chi connectivity index (χ0v) is 12.2. The Bertz CT molecular complexity index is 726. The number of aromatic nitrogens is 3. The number of nitrogens with zero attached hydrogens (tertiary/aromatic N) is 3. The SMILES string of the molecule is C/C(=N\Nc1nnc(C)c(=O)[nH]1)c1ccc(Cl)c(Cl)c1. The van der Waals surface area contributed by atoms with E-state index in [0.717, 1.165) is 5.56 Å². The lowest BCUT2D eigenvalue weighted by Gasteiger charge is -2.04. The van der Waals surface area contributed by atoms with E-state index in [4.69, 9.17) is 23.2 Å². The summed E-state index contributed by atoms with van der Waals surface area (Å²) >= 11 is 11.8. The lowest BCUT2D eigenvalue weighted by molar-refractivity contribution is 0.897. The van der Waals surface area contributed by atoms with Gasteiger partial charge < -0.3 is 0 Å². The van der Waals surface area contributed by atoms with Crippen LogP contribution in [0.5, 0.6) is 0 Å². The Morgan fingerprint density at radius 1 is 1.30 bits per heavy atom. The van der Waals surface area contributed by atoms with E-state index in [-0.39, 0.29) is 11.5 Å². The Kier molecular flexibility index (Phi) is 4.36. The number of hydrazone groups is 1. The van der Waals surface area contributed by atoms with Gasteiger partial charge in [0.1, 0.15) is 5.69 Å². The van der Waals surface area contributed by atoms with Crippen LogP contribution in [0.4, 0.5) is 5.95 Å². The van der Waals surface area contributed by atoms with Crippen LogP contribution in [0.25, 0.3) is 0 Å². The van der Waals surface area contributed by atoms with Crippen molar-refractivity contribution in [2.75, 3.05) is 5.43 Å². The van der Waals surface area contributed by atoms with Gasteiger partial charge in [-0.2, -0.15) is 5.10 Å². The highest BCUT2D eigenvalue weighted by Gasteiger charge is 2.03. The van der Waals surface area contributed by atoms with Gasteiger partial charge in [0.25, 0.3) is 5.56 Å². The van der Waals surface area contributed by atoms with Gasteiger partial charge in [-0.15, -0.1) is 10.2 Å². The van der Waals surface area contributed by atoms with Crippen molar-refractivity contribution in [3.05, 3.63) is 49.9 Å². The minimum absolute atomic E-state index is 0.167. The van der Waals surface area contributed by atoms with Crippen LogP contribution >= 0.6 is 23.2 Å². The predicted molar refractivity (Wildman–Crippen MR) is 79.7 cm³/mol. The minimum atomic E-state index is -0.315. The van der Waals surface area contributed by atoms with Crippen LogP contribution in [0.3, 0.4) is 0 Å². The van der Waals surface area contributed by atoms with Crippen LogP contribution in [0.1, 0.15) is 18.2 Å². The van der Waals surface area contributed by atoms with Gasteiger partial charge in [-0.05, 0) is 31.5 Å². The van der Waals surface area contributed by atoms with Gasteiger partial charge in [0, 0.05) is 0 Å². The molecule has 6 nitrogen and oxygen atoms in total. The average Bonchev–Trinajstić information content (AvgIpc) is 2.43. The van der Waals surface area contributed by atoms with Crippen molar-refractivity contribution in [1.82, 2.24) is 15.2 Å². The van der Waals surface area contributed by atoms with Crippen LogP contribution in [-0.2, 0) is 0 Å². The Labute approximate surface area is 124 Å². The Morgan fingerprint density at radius 3 is 2.70 bits per heavy atom. The molecule has 104 valence electrons. The Morgan fingerprint density at radius 2 is 2.05 bits per heavy atom. The molecule has 0 aliphatic heterocycles. The number of aromatic amines is 1. The van der Waals surface area contributed by atoms with Gasteiger partial charge in [0.05, 0.1) is 15.8 Å². The van der Waals surface area contributed by atoms with Gasteiger partial charge in [-0.25, -0.2) is 5.43 Å². The number of H-pyrrole nitrogens is 1. The number of rotatable bonds is 3. The van der Waals surface area contributed by atoms with Crippen LogP contribution in [0.2, 0.25) is 10.0 Å². The molecule has 0 fully saturated rings. The molecular weight excluding hydrogens is 301 g/mol. The predicted octanol–water partition coefficient (Wildman–Crippen LogP) is 2.62. The number of hydrogen-bond acceptors (Lipinski definition) is 5. The van der Waals surface area contributed by atoms with E-state index < -0.39 is 0 Å². The lowest BCUT2D eigenvalue weighted by atomic mass is 10.1. The van der Waals surface area contributed by atoms with E-state index in [1.807, 2.05) is 0 Å². The topological polar surface area (TPSA) is 83.0 Å². The van der Waals surface area contributed by atoms with E-state index in [0.29, 0.717) is 21.5 Å². The van der Waals surface area contributed by atoms with Crippen LogP contribution in [0.15, 0.2) is 28.1 Å². The molecule has 2 aromatic rings. The standard InChI is InChI=1S/C12H11Cl2N5O/c1-6(8-3-4-9(13)10(14)5-8)16-18-12-15-11(20)7(2)17-19-12/h3-5H,1-2H3,(H2,15,18,19,20)/b16-6+. The molecule has 0 radical (unpaired) electrons. The number of anilines is 1. The van der Waals surface area contributed by atoms with Crippen molar-refractivity contribution in [2.24, 2.45) is 5.10 Å². The lowest BCUT2D eigenvalue weighted by Crippen LogP contribution is -2.16. The maximum atomic E-state index is 11.4. The molecule has 0 spiro atoms. The molecular formula is C12H11Cl2N5O. The van der Waals surface area contributed by atoms with Crippen LogP contribution < -0.4 is 11.0 Å². The highest BCUT2D eigenvalue weighted by molar-refractivity contribution is 6.42. The molecule has 0 atom stereocenters. The van der Waals surface area contributed by atoms with E-state index in [1.165, 1.54) is 0 Å². The van der Waals surface area contributed by atoms with Crippen LogP contribution in [-0.4, -0.2) is 20.9 Å². The highest BCUT2D eigenvalue weighted by atomic mass is 35.5. The van der Waals surface area contributed by atoms with Crippen molar-refractivity contribution in [1.29, 1.82) is 0 Å². The van der Waals surface area contributed by atoms with Gasteiger partial charge in [0.15, 0.2) is 0 Å². The van der Waals surface area contributed by atoms with E-state index in [1.54, 1.807) is 32.0 Å². The fraction of sp³-hybridized carbons (Fsp3) is 0.167. The zero-order chi connectivity index (χ0) is 14.7. The zero-order valence-electron chi connectivity index (χ0n) is 10.7. The van der Waals surface area contributed by atoms with E-state index in [9.17, 15) is 4.79 Å². The smallest absolute Gasteiger partial charge is 0.274 e. The van der Waals surface area contributed by atoms with Crippen molar-refractivity contribution in [2.45, 2.75) is 13.8 Å². The van der Waals surface area contributed by atoms with Gasteiger partial charge >= 0.3 is 0 Å². The molecule has 0 aliphatic rings. The molecule has 1 aromatic carbocycles. The third-order valence-electron chi connectivity index (χ3n) is 2.53. The first-order valence-corrected chi connectivity index (χ1v) is 6.42. The molecule has 20 heavy (non-hydrogen) atoms. The quantitative estimate of drug-likeness (QED) is 0.674. The monoisotopic (exact) mass is 311 g/mol. The third kappa shape index (κ3) is 3.34. The number of hydrogen-bond donors (Lipinski definition) is 2. The molecule has 0 aliphatic carbocycles.